The normalized spacial score (nSPS) is 10.7. The monoisotopic (exact) mass is 369 g/mol. The molecule has 0 saturated carbocycles. The minimum Gasteiger partial charge on any atom is -0.453 e. The van der Waals surface area contributed by atoms with Gasteiger partial charge in [-0.1, -0.05) is 31.2 Å². The van der Waals surface area contributed by atoms with Gasteiger partial charge in [-0.25, -0.2) is 4.79 Å². The fourth-order valence-corrected chi connectivity index (χ4v) is 3.39. The van der Waals surface area contributed by atoms with E-state index in [4.69, 9.17) is 4.74 Å². The molecule has 0 aliphatic heterocycles. The summed E-state index contributed by atoms with van der Waals surface area (Å²) in [6, 6.07) is 13.1. The smallest absolute Gasteiger partial charge is 0.348 e. The first kappa shape index (κ1) is 17.8. The van der Waals surface area contributed by atoms with Crippen LogP contribution >= 0.6 is 11.3 Å². The van der Waals surface area contributed by atoms with Gasteiger partial charge in [0.1, 0.15) is 4.88 Å². The number of hydrogen-bond donors (Lipinski definition) is 0. The number of carbonyl (C=O) groups is 2. The van der Waals surface area contributed by atoms with Crippen molar-refractivity contribution < 1.29 is 19.2 Å². The number of benzene rings is 2. The molecule has 0 atom stereocenters. The second kappa shape index (κ2) is 7.45. The van der Waals surface area contributed by atoms with Gasteiger partial charge < -0.3 is 4.74 Å². The van der Waals surface area contributed by atoms with E-state index < -0.39 is 10.9 Å². The largest absolute Gasteiger partial charge is 0.453 e. The number of nitro benzene ring substituents is 1. The zero-order valence-electron chi connectivity index (χ0n) is 13.9. The number of esters is 1. The molecule has 0 N–H and O–H groups in total. The Morgan fingerprint density at radius 1 is 1.12 bits per heavy atom. The number of Topliss-reactive ketones (excluding diaryl/α,β-unsaturated/α-hetero) is 1. The van der Waals surface area contributed by atoms with Crippen molar-refractivity contribution in [1.82, 2.24) is 0 Å². The van der Waals surface area contributed by atoms with Crippen LogP contribution in [0.5, 0.6) is 0 Å². The van der Waals surface area contributed by atoms with E-state index in [1.165, 1.54) is 29.5 Å². The lowest BCUT2D eigenvalue weighted by Crippen LogP contribution is -2.13. The maximum absolute atomic E-state index is 12.2. The Morgan fingerprint density at radius 3 is 2.50 bits per heavy atom. The maximum Gasteiger partial charge on any atom is 0.348 e. The van der Waals surface area contributed by atoms with Crippen molar-refractivity contribution in [2.45, 2.75) is 13.3 Å². The van der Waals surface area contributed by atoms with E-state index in [9.17, 15) is 19.7 Å². The van der Waals surface area contributed by atoms with E-state index in [1.807, 2.05) is 19.1 Å². The van der Waals surface area contributed by atoms with Gasteiger partial charge in [0, 0.05) is 27.8 Å². The van der Waals surface area contributed by atoms with Gasteiger partial charge >= 0.3 is 5.97 Å². The van der Waals surface area contributed by atoms with Crippen LogP contribution in [0.25, 0.3) is 10.1 Å². The Hall–Kier alpha value is -3.06. The molecule has 1 heterocycles. The summed E-state index contributed by atoms with van der Waals surface area (Å²) in [7, 11) is 0. The number of ketones is 1. The number of nitrogens with zero attached hydrogens (tertiary/aromatic N) is 1. The summed E-state index contributed by atoms with van der Waals surface area (Å²) in [5.41, 5.74) is 1.57. The van der Waals surface area contributed by atoms with Gasteiger partial charge in [0.15, 0.2) is 12.4 Å². The van der Waals surface area contributed by atoms with Crippen molar-refractivity contribution in [3.8, 4) is 0 Å². The van der Waals surface area contributed by atoms with Crippen molar-refractivity contribution in [3.63, 3.8) is 0 Å². The molecule has 26 heavy (non-hydrogen) atoms. The number of fused-ring (bicyclic) bond motifs is 1. The van der Waals surface area contributed by atoms with Gasteiger partial charge in [-0.05, 0) is 24.1 Å². The van der Waals surface area contributed by atoms with E-state index >= 15 is 0 Å². The van der Waals surface area contributed by atoms with E-state index in [1.54, 1.807) is 18.2 Å². The van der Waals surface area contributed by atoms with Crippen LogP contribution in [0.15, 0.2) is 48.5 Å². The predicted octanol–water partition coefficient (Wildman–Crippen LogP) is 4.41. The predicted molar refractivity (Wildman–Crippen MR) is 98.9 cm³/mol. The average Bonchev–Trinajstić information content (AvgIpc) is 3.09. The molecule has 3 rings (SSSR count). The van der Waals surface area contributed by atoms with Gasteiger partial charge in [-0.3, -0.25) is 14.9 Å². The molecule has 7 heteroatoms. The minimum atomic E-state index is -0.618. The summed E-state index contributed by atoms with van der Waals surface area (Å²) in [4.78, 5) is 34.9. The number of non-ortho nitro benzene ring substituents is 1. The Morgan fingerprint density at radius 2 is 1.85 bits per heavy atom. The molecule has 0 saturated heterocycles. The highest BCUT2D eigenvalue weighted by Crippen LogP contribution is 2.29. The summed E-state index contributed by atoms with van der Waals surface area (Å²) >= 11 is 1.17. The van der Waals surface area contributed by atoms with Crippen LogP contribution in [0.1, 0.15) is 32.5 Å². The highest BCUT2D eigenvalue weighted by atomic mass is 32.1. The molecule has 0 radical (unpaired) electrons. The molecule has 0 bridgehead atoms. The van der Waals surface area contributed by atoms with E-state index in [2.05, 4.69) is 0 Å². The Kier molecular flexibility index (Phi) is 5.09. The number of rotatable bonds is 6. The van der Waals surface area contributed by atoms with Gasteiger partial charge in [0.05, 0.1) is 4.92 Å². The molecule has 0 unspecified atom stereocenters. The van der Waals surface area contributed by atoms with Crippen LogP contribution in [0.4, 0.5) is 5.69 Å². The lowest BCUT2D eigenvalue weighted by atomic mass is 10.1. The fourth-order valence-electron chi connectivity index (χ4n) is 2.46. The second-order valence-electron chi connectivity index (χ2n) is 5.64. The van der Waals surface area contributed by atoms with Crippen LogP contribution in [-0.2, 0) is 11.2 Å². The van der Waals surface area contributed by atoms with Crippen molar-refractivity contribution in [1.29, 1.82) is 0 Å². The first-order valence-electron chi connectivity index (χ1n) is 7.95. The molecule has 0 spiro atoms. The fraction of sp³-hybridized carbons (Fsp3) is 0.158. The summed E-state index contributed by atoms with van der Waals surface area (Å²) in [6.45, 7) is 1.68. The molecule has 3 aromatic rings. The lowest BCUT2D eigenvalue weighted by molar-refractivity contribution is -0.384. The lowest BCUT2D eigenvalue weighted by Gasteiger charge is -2.04. The molecule has 0 amide bonds. The van der Waals surface area contributed by atoms with Gasteiger partial charge in [0.25, 0.3) is 5.69 Å². The standard InChI is InChI=1S/C19H15NO5S/c1-2-12-3-5-13(6-4-12)16(21)11-25-19(22)18-10-14-9-15(20(23)24)7-8-17(14)26-18/h3-10H,2,11H2,1H3. The number of nitro groups is 1. The van der Waals surface area contributed by atoms with E-state index in [0.717, 1.165) is 16.7 Å². The number of carbonyl (C=O) groups excluding carboxylic acids is 2. The highest BCUT2D eigenvalue weighted by molar-refractivity contribution is 7.20. The third-order valence-electron chi connectivity index (χ3n) is 3.93. The molecular weight excluding hydrogens is 354 g/mol. The first-order chi connectivity index (χ1) is 12.5. The quantitative estimate of drug-likeness (QED) is 0.278. The second-order valence-corrected chi connectivity index (χ2v) is 6.72. The van der Waals surface area contributed by atoms with Gasteiger partial charge in [0.2, 0.25) is 0 Å². The maximum atomic E-state index is 12.2. The molecule has 6 nitrogen and oxygen atoms in total. The molecular formula is C19H15NO5S. The van der Waals surface area contributed by atoms with Crippen LogP contribution in [0.3, 0.4) is 0 Å². The van der Waals surface area contributed by atoms with E-state index in [0.29, 0.717) is 15.8 Å². The first-order valence-corrected chi connectivity index (χ1v) is 8.77. The number of hydrogen-bond acceptors (Lipinski definition) is 6. The van der Waals surface area contributed by atoms with Crippen LogP contribution in [0, 0.1) is 10.1 Å². The number of aryl methyl sites for hydroxylation is 1. The number of thiophene rings is 1. The van der Waals surface area contributed by atoms with E-state index in [-0.39, 0.29) is 18.1 Å². The third kappa shape index (κ3) is 3.78. The zero-order chi connectivity index (χ0) is 18.7. The molecule has 1 aromatic heterocycles. The third-order valence-corrected chi connectivity index (χ3v) is 5.03. The van der Waals surface area contributed by atoms with Crippen molar-refractivity contribution in [2.24, 2.45) is 0 Å². The molecule has 0 aliphatic rings. The Balaban J connectivity index is 1.68. The SMILES string of the molecule is CCc1ccc(C(=O)COC(=O)c2cc3cc([N+](=O)[O-])ccc3s2)cc1. The van der Waals surface area contributed by atoms with Gasteiger partial charge in [-0.15, -0.1) is 11.3 Å². The summed E-state index contributed by atoms with van der Waals surface area (Å²) in [5.74, 6) is -0.898. The molecule has 0 aliphatic carbocycles. The van der Waals surface area contributed by atoms with Crippen molar-refractivity contribution >= 4 is 38.9 Å². The molecule has 2 aromatic carbocycles. The average molecular weight is 369 g/mol. The summed E-state index contributed by atoms with van der Waals surface area (Å²) < 4.78 is 5.84. The Bertz CT molecular complexity index is 991. The van der Waals surface area contributed by atoms with Crippen molar-refractivity contribution in [2.75, 3.05) is 6.61 Å². The summed E-state index contributed by atoms with van der Waals surface area (Å²) in [6.07, 6.45) is 0.882. The minimum absolute atomic E-state index is 0.0408. The molecule has 0 fully saturated rings. The Labute approximate surface area is 153 Å². The summed E-state index contributed by atoms with van der Waals surface area (Å²) in [5, 5.41) is 11.4. The topological polar surface area (TPSA) is 86.5 Å². The van der Waals surface area contributed by atoms with Gasteiger partial charge in [-0.2, -0.15) is 0 Å². The highest BCUT2D eigenvalue weighted by Gasteiger charge is 2.16. The molecule has 132 valence electrons. The van der Waals surface area contributed by atoms with Crippen LogP contribution in [-0.4, -0.2) is 23.3 Å². The number of ether oxygens (including phenoxy) is 1. The van der Waals surface area contributed by atoms with Crippen LogP contribution in [0.2, 0.25) is 0 Å². The van der Waals surface area contributed by atoms with Crippen molar-refractivity contribution in [3.05, 3.63) is 74.6 Å². The zero-order valence-corrected chi connectivity index (χ0v) is 14.7. The van der Waals surface area contributed by atoms with Crippen LogP contribution < -0.4 is 0 Å².